The van der Waals surface area contributed by atoms with E-state index in [1.807, 2.05) is 0 Å². The van der Waals surface area contributed by atoms with Crippen molar-refractivity contribution in [1.82, 2.24) is 9.55 Å². The minimum absolute atomic E-state index is 0.0789. The fourth-order valence-electron chi connectivity index (χ4n) is 2.12. The average molecular weight is 328 g/mol. The number of methoxy groups -OCH3 is 1. The molecule has 0 saturated carbocycles. The number of aromatic nitrogens is 2. The van der Waals surface area contributed by atoms with E-state index >= 15 is 0 Å². The molecule has 3 rings (SSSR count). The molecule has 0 aliphatic heterocycles. The molecule has 2 aromatic carbocycles. The van der Waals surface area contributed by atoms with E-state index in [4.69, 9.17) is 10.1 Å². The van der Waals surface area contributed by atoms with Gasteiger partial charge in [-0.3, -0.25) is 10.7 Å². The zero-order chi connectivity index (χ0) is 17.1. The molecule has 0 atom stereocenters. The van der Waals surface area contributed by atoms with Gasteiger partial charge in [-0.05, 0) is 36.4 Å². The quantitative estimate of drug-likeness (QED) is 0.558. The van der Waals surface area contributed by atoms with Gasteiger partial charge in [0.1, 0.15) is 11.6 Å². The lowest BCUT2D eigenvalue weighted by Gasteiger charge is -2.11. The highest BCUT2D eigenvalue weighted by Crippen LogP contribution is 2.21. The van der Waals surface area contributed by atoms with Gasteiger partial charge in [-0.2, -0.15) is 0 Å². The van der Waals surface area contributed by atoms with Crippen molar-refractivity contribution in [2.75, 3.05) is 12.4 Å². The summed E-state index contributed by atoms with van der Waals surface area (Å²) in [6.45, 7) is 0. The number of anilines is 1. The standard InChI is InChI=1S/C16H13FN4O3/c1-23-16(22)20-15-19-12-4-2-3-5-13(12)21(15)14(18)24-11-8-6-10(17)7-9-11/h2-9,18H,1H3,(H,19,20,22). The van der Waals surface area contributed by atoms with Crippen molar-refractivity contribution in [3.63, 3.8) is 0 Å². The van der Waals surface area contributed by atoms with Crippen molar-refractivity contribution in [2.45, 2.75) is 0 Å². The van der Waals surface area contributed by atoms with Crippen molar-refractivity contribution in [1.29, 1.82) is 5.41 Å². The Labute approximate surface area is 136 Å². The van der Waals surface area contributed by atoms with Gasteiger partial charge in [0.25, 0.3) is 0 Å². The molecule has 122 valence electrons. The third-order valence-corrected chi connectivity index (χ3v) is 3.19. The first-order chi connectivity index (χ1) is 11.6. The van der Waals surface area contributed by atoms with Crippen molar-refractivity contribution in [3.05, 3.63) is 54.3 Å². The SMILES string of the molecule is COC(=O)Nc1nc2ccccc2n1C(=N)Oc1ccc(F)cc1. The molecule has 1 amide bonds. The molecule has 0 bridgehead atoms. The molecule has 0 aliphatic rings. The van der Waals surface area contributed by atoms with Crippen LogP contribution in [0.15, 0.2) is 48.5 Å². The molecule has 3 aromatic rings. The maximum Gasteiger partial charge on any atom is 0.413 e. The zero-order valence-electron chi connectivity index (χ0n) is 12.6. The van der Waals surface area contributed by atoms with Crippen LogP contribution in [0, 0.1) is 11.2 Å². The number of benzene rings is 2. The monoisotopic (exact) mass is 328 g/mol. The summed E-state index contributed by atoms with van der Waals surface area (Å²) in [6, 6.07) is 12.0. The number of hydrogen-bond acceptors (Lipinski definition) is 5. The van der Waals surface area contributed by atoms with Gasteiger partial charge in [-0.15, -0.1) is 0 Å². The second-order valence-corrected chi connectivity index (χ2v) is 4.74. The van der Waals surface area contributed by atoms with Crippen LogP contribution in [0.25, 0.3) is 11.0 Å². The molecule has 1 heterocycles. The Kier molecular flexibility index (Phi) is 4.11. The number of carbonyl (C=O) groups is 1. The van der Waals surface area contributed by atoms with Crippen LogP contribution >= 0.6 is 0 Å². The first-order valence-electron chi connectivity index (χ1n) is 6.93. The van der Waals surface area contributed by atoms with E-state index in [2.05, 4.69) is 15.0 Å². The molecule has 8 heteroatoms. The number of carbonyl (C=O) groups excluding carboxylic acids is 1. The zero-order valence-corrected chi connectivity index (χ0v) is 12.6. The maximum atomic E-state index is 13.0. The number of hydrogen-bond donors (Lipinski definition) is 2. The molecule has 0 radical (unpaired) electrons. The highest BCUT2D eigenvalue weighted by Gasteiger charge is 2.18. The number of imidazole rings is 1. The topological polar surface area (TPSA) is 89.2 Å². The fraction of sp³-hybridized carbons (Fsp3) is 0.0625. The third kappa shape index (κ3) is 3.02. The molecule has 2 N–H and O–H groups in total. The van der Waals surface area contributed by atoms with Gasteiger partial charge in [0.05, 0.1) is 18.1 Å². The predicted octanol–water partition coefficient (Wildman–Crippen LogP) is 3.22. The highest BCUT2D eigenvalue weighted by molar-refractivity contribution is 5.95. The summed E-state index contributed by atoms with van der Waals surface area (Å²) in [5, 5.41) is 10.6. The average Bonchev–Trinajstić information content (AvgIpc) is 2.94. The van der Waals surface area contributed by atoms with E-state index in [9.17, 15) is 9.18 Å². The van der Waals surface area contributed by atoms with Gasteiger partial charge in [-0.25, -0.2) is 18.7 Å². The van der Waals surface area contributed by atoms with E-state index < -0.39 is 11.9 Å². The first-order valence-corrected chi connectivity index (χ1v) is 6.93. The summed E-state index contributed by atoms with van der Waals surface area (Å²) < 4.78 is 24.3. The lowest BCUT2D eigenvalue weighted by molar-refractivity contribution is 0.186. The van der Waals surface area contributed by atoms with E-state index in [-0.39, 0.29) is 17.7 Å². The number of rotatable bonds is 2. The molecule has 24 heavy (non-hydrogen) atoms. The highest BCUT2D eigenvalue weighted by atomic mass is 19.1. The van der Waals surface area contributed by atoms with Crippen LogP contribution in [0.5, 0.6) is 5.75 Å². The second-order valence-electron chi connectivity index (χ2n) is 4.74. The number of nitrogens with one attached hydrogen (secondary N) is 2. The molecule has 0 fully saturated rings. The van der Waals surface area contributed by atoms with Gasteiger partial charge in [0, 0.05) is 0 Å². The molecular formula is C16H13FN4O3. The van der Waals surface area contributed by atoms with Crippen LogP contribution in [-0.4, -0.2) is 28.8 Å². The van der Waals surface area contributed by atoms with Crippen LogP contribution in [0.4, 0.5) is 15.1 Å². The van der Waals surface area contributed by atoms with Crippen LogP contribution in [0.1, 0.15) is 0 Å². The Morgan fingerprint density at radius 2 is 1.92 bits per heavy atom. The summed E-state index contributed by atoms with van der Waals surface area (Å²) in [4.78, 5) is 15.7. The minimum atomic E-state index is -0.721. The van der Waals surface area contributed by atoms with Crippen molar-refractivity contribution in [2.24, 2.45) is 0 Å². The molecule has 7 nitrogen and oxygen atoms in total. The number of halogens is 1. The van der Waals surface area contributed by atoms with Crippen molar-refractivity contribution >= 4 is 29.1 Å². The van der Waals surface area contributed by atoms with Crippen LogP contribution in [0.2, 0.25) is 0 Å². The third-order valence-electron chi connectivity index (χ3n) is 3.19. The number of amides is 1. The maximum absolute atomic E-state index is 13.0. The van der Waals surface area contributed by atoms with Crippen LogP contribution in [-0.2, 0) is 4.74 Å². The lowest BCUT2D eigenvalue weighted by atomic mass is 10.3. The van der Waals surface area contributed by atoms with Gasteiger partial charge in [-0.1, -0.05) is 12.1 Å². The summed E-state index contributed by atoms with van der Waals surface area (Å²) in [5.74, 6) is -0.0478. The van der Waals surface area contributed by atoms with E-state index in [0.29, 0.717) is 11.0 Å². The second kappa shape index (κ2) is 6.37. The summed E-state index contributed by atoms with van der Waals surface area (Å²) >= 11 is 0. The first kappa shape index (κ1) is 15.5. The molecule has 0 saturated heterocycles. The van der Waals surface area contributed by atoms with Crippen LogP contribution < -0.4 is 10.1 Å². The molecule has 0 unspecified atom stereocenters. The Balaban J connectivity index is 1.99. The van der Waals surface area contributed by atoms with E-state index in [1.165, 1.54) is 35.9 Å². The Morgan fingerprint density at radius 3 is 2.62 bits per heavy atom. The summed E-state index contributed by atoms with van der Waals surface area (Å²) in [7, 11) is 1.22. The number of nitrogens with zero attached hydrogens (tertiary/aromatic N) is 2. The van der Waals surface area contributed by atoms with Crippen molar-refractivity contribution < 1.29 is 18.7 Å². The van der Waals surface area contributed by atoms with Crippen LogP contribution in [0.3, 0.4) is 0 Å². The predicted molar refractivity (Wildman–Crippen MR) is 85.9 cm³/mol. The Morgan fingerprint density at radius 1 is 1.21 bits per heavy atom. The molecular weight excluding hydrogens is 315 g/mol. The van der Waals surface area contributed by atoms with E-state index in [1.54, 1.807) is 24.3 Å². The van der Waals surface area contributed by atoms with Gasteiger partial charge >= 0.3 is 12.1 Å². The number of fused-ring (bicyclic) bond motifs is 1. The lowest BCUT2D eigenvalue weighted by Crippen LogP contribution is -2.23. The normalized spacial score (nSPS) is 10.4. The Hall–Kier alpha value is -3.42. The number of para-hydroxylation sites is 2. The van der Waals surface area contributed by atoms with Gasteiger partial charge in [0.2, 0.25) is 5.95 Å². The Bertz CT molecular complexity index is 905. The molecule has 1 aromatic heterocycles. The van der Waals surface area contributed by atoms with Gasteiger partial charge < -0.3 is 9.47 Å². The summed E-state index contributed by atoms with van der Waals surface area (Å²) in [5.41, 5.74) is 1.13. The molecule has 0 spiro atoms. The fourth-order valence-corrected chi connectivity index (χ4v) is 2.12. The van der Waals surface area contributed by atoms with Gasteiger partial charge in [0.15, 0.2) is 0 Å². The van der Waals surface area contributed by atoms with Crippen molar-refractivity contribution in [3.8, 4) is 5.75 Å². The van der Waals surface area contributed by atoms with E-state index in [0.717, 1.165) is 0 Å². The minimum Gasteiger partial charge on any atom is -0.453 e. The number of ether oxygens (including phenoxy) is 2. The largest absolute Gasteiger partial charge is 0.453 e. The molecule has 0 aliphatic carbocycles. The smallest absolute Gasteiger partial charge is 0.413 e. The summed E-state index contributed by atoms with van der Waals surface area (Å²) in [6.07, 6.45) is -0.721.